The Labute approximate surface area is 169 Å². The van der Waals surface area contributed by atoms with E-state index in [1.807, 2.05) is 12.1 Å². The normalized spacial score (nSPS) is 15.5. The number of carbonyl (C=O) groups excluding carboxylic acids is 1. The van der Waals surface area contributed by atoms with Crippen LogP contribution in [0.4, 0.5) is 5.69 Å². The molecule has 1 amide bonds. The van der Waals surface area contributed by atoms with Gasteiger partial charge in [0.2, 0.25) is 0 Å². The summed E-state index contributed by atoms with van der Waals surface area (Å²) in [5, 5.41) is 4.16. The number of aryl methyl sites for hydroxylation is 1. The molecule has 0 aliphatic carbocycles. The molecule has 0 fully saturated rings. The maximum atomic E-state index is 12.2. The molecule has 1 heterocycles. The van der Waals surface area contributed by atoms with Gasteiger partial charge in [-0.3, -0.25) is 4.79 Å². The van der Waals surface area contributed by atoms with Gasteiger partial charge in [0, 0.05) is 28.3 Å². The first kappa shape index (κ1) is 19.4. The SMILES string of the molecule is CC1=CC(C)(C)N(C)c2cc(C)c(/C=N/NC(=O)c3cccc(Br)c3)cc21. The Morgan fingerprint density at radius 2 is 1.96 bits per heavy atom. The van der Waals surface area contributed by atoms with E-state index in [0.29, 0.717) is 5.56 Å². The largest absolute Gasteiger partial charge is 0.365 e. The fraction of sp³-hybridized carbons (Fsp3) is 0.273. The molecule has 1 aliphatic heterocycles. The van der Waals surface area contributed by atoms with Crippen LogP contribution in [0.5, 0.6) is 0 Å². The molecule has 2 aromatic rings. The summed E-state index contributed by atoms with van der Waals surface area (Å²) in [5.74, 6) is -0.235. The van der Waals surface area contributed by atoms with Crippen molar-refractivity contribution in [2.75, 3.05) is 11.9 Å². The van der Waals surface area contributed by atoms with Crippen molar-refractivity contribution >= 4 is 39.3 Å². The van der Waals surface area contributed by atoms with E-state index in [-0.39, 0.29) is 11.4 Å². The molecule has 0 atom stereocenters. The zero-order chi connectivity index (χ0) is 19.8. The summed E-state index contributed by atoms with van der Waals surface area (Å²) in [6.07, 6.45) is 3.99. The van der Waals surface area contributed by atoms with Crippen LogP contribution in [0.1, 0.15) is 47.8 Å². The molecule has 1 aliphatic rings. The predicted octanol–water partition coefficient (Wildman–Crippen LogP) is 5.15. The standard InChI is InChI=1S/C22H24BrN3O/c1-14-9-20-19(15(2)12-22(3,4)26(20)5)11-17(14)13-24-25-21(27)16-7-6-8-18(23)10-16/h6-13H,1-5H3,(H,25,27)/b24-13+. The summed E-state index contributed by atoms with van der Waals surface area (Å²) in [6.45, 7) is 8.62. The Hall–Kier alpha value is -2.40. The Morgan fingerprint density at radius 3 is 2.67 bits per heavy atom. The van der Waals surface area contributed by atoms with Gasteiger partial charge in [-0.05, 0) is 74.7 Å². The van der Waals surface area contributed by atoms with Gasteiger partial charge in [0.05, 0.1) is 11.8 Å². The molecule has 1 N–H and O–H groups in total. The van der Waals surface area contributed by atoms with Gasteiger partial charge in [-0.1, -0.05) is 28.1 Å². The van der Waals surface area contributed by atoms with Crippen molar-refractivity contribution in [2.45, 2.75) is 33.2 Å². The van der Waals surface area contributed by atoms with Gasteiger partial charge < -0.3 is 4.90 Å². The van der Waals surface area contributed by atoms with Crippen molar-refractivity contribution in [3.05, 3.63) is 69.2 Å². The van der Waals surface area contributed by atoms with Crippen LogP contribution in [0.2, 0.25) is 0 Å². The number of hydrazone groups is 1. The second-order valence-corrected chi connectivity index (χ2v) is 8.39. The number of carbonyl (C=O) groups is 1. The Balaban J connectivity index is 1.83. The van der Waals surface area contributed by atoms with Gasteiger partial charge in [-0.25, -0.2) is 5.43 Å². The minimum Gasteiger partial charge on any atom is -0.365 e. The molecule has 0 bridgehead atoms. The number of fused-ring (bicyclic) bond motifs is 1. The third-order valence-corrected chi connectivity index (χ3v) is 5.55. The number of hydrogen-bond acceptors (Lipinski definition) is 3. The molecule has 140 valence electrons. The lowest BCUT2D eigenvalue weighted by Gasteiger charge is -2.41. The number of halogens is 1. The second-order valence-electron chi connectivity index (χ2n) is 7.48. The molecule has 0 spiro atoms. The predicted molar refractivity (Wildman–Crippen MR) is 117 cm³/mol. The monoisotopic (exact) mass is 425 g/mol. The van der Waals surface area contributed by atoms with Crippen molar-refractivity contribution in [3.63, 3.8) is 0 Å². The number of allylic oxidation sites excluding steroid dienone is 1. The molecule has 0 saturated carbocycles. The number of hydrogen-bond donors (Lipinski definition) is 1. The van der Waals surface area contributed by atoms with E-state index in [1.165, 1.54) is 16.8 Å². The molecule has 0 aromatic heterocycles. The van der Waals surface area contributed by atoms with Crippen molar-refractivity contribution in [1.29, 1.82) is 0 Å². The number of nitrogens with one attached hydrogen (secondary N) is 1. The highest BCUT2D eigenvalue weighted by Crippen LogP contribution is 2.38. The zero-order valence-electron chi connectivity index (χ0n) is 16.3. The van der Waals surface area contributed by atoms with Gasteiger partial charge in [-0.2, -0.15) is 5.10 Å². The average Bonchev–Trinajstić information content (AvgIpc) is 2.60. The first-order valence-corrected chi connectivity index (χ1v) is 9.65. The molecule has 4 nitrogen and oxygen atoms in total. The summed E-state index contributed by atoms with van der Waals surface area (Å²) >= 11 is 3.37. The van der Waals surface area contributed by atoms with Gasteiger partial charge in [-0.15, -0.1) is 0 Å². The van der Waals surface area contributed by atoms with E-state index < -0.39 is 0 Å². The lowest BCUT2D eigenvalue weighted by Crippen LogP contribution is -2.42. The minimum atomic E-state index is -0.235. The van der Waals surface area contributed by atoms with Gasteiger partial charge >= 0.3 is 0 Å². The Kier molecular flexibility index (Phi) is 5.24. The average molecular weight is 426 g/mol. The number of anilines is 1. The molecule has 3 rings (SSSR count). The topological polar surface area (TPSA) is 44.7 Å². The zero-order valence-corrected chi connectivity index (χ0v) is 17.9. The van der Waals surface area contributed by atoms with Crippen LogP contribution >= 0.6 is 15.9 Å². The molecule has 5 heteroatoms. The lowest BCUT2D eigenvalue weighted by molar-refractivity contribution is 0.0955. The van der Waals surface area contributed by atoms with Crippen LogP contribution in [0.3, 0.4) is 0 Å². The summed E-state index contributed by atoms with van der Waals surface area (Å²) in [4.78, 5) is 14.5. The van der Waals surface area contributed by atoms with E-state index in [9.17, 15) is 4.79 Å². The summed E-state index contributed by atoms with van der Waals surface area (Å²) < 4.78 is 0.860. The number of amides is 1. The van der Waals surface area contributed by atoms with Gasteiger partial charge in [0.1, 0.15) is 0 Å². The summed E-state index contributed by atoms with van der Waals surface area (Å²) in [5.41, 5.74) is 8.91. The van der Waals surface area contributed by atoms with E-state index in [1.54, 1.807) is 18.3 Å². The van der Waals surface area contributed by atoms with Crippen LogP contribution in [-0.2, 0) is 0 Å². The highest BCUT2D eigenvalue weighted by Gasteiger charge is 2.28. The molecule has 2 aromatic carbocycles. The first-order valence-electron chi connectivity index (χ1n) is 8.86. The van der Waals surface area contributed by atoms with Crippen LogP contribution < -0.4 is 10.3 Å². The number of nitrogens with zero attached hydrogens (tertiary/aromatic N) is 2. The summed E-state index contributed by atoms with van der Waals surface area (Å²) in [7, 11) is 2.12. The minimum absolute atomic E-state index is 0.0168. The Bertz CT molecular complexity index is 960. The third kappa shape index (κ3) is 3.98. The van der Waals surface area contributed by atoms with E-state index in [2.05, 4.69) is 84.3 Å². The van der Waals surface area contributed by atoms with Crippen molar-refractivity contribution in [1.82, 2.24) is 5.43 Å². The second kappa shape index (κ2) is 7.31. The van der Waals surface area contributed by atoms with Gasteiger partial charge in [0.25, 0.3) is 5.91 Å². The van der Waals surface area contributed by atoms with Crippen molar-refractivity contribution < 1.29 is 4.79 Å². The molecule has 27 heavy (non-hydrogen) atoms. The molecule has 0 unspecified atom stereocenters. The van der Waals surface area contributed by atoms with Crippen LogP contribution in [0, 0.1) is 6.92 Å². The van der Waals surface area contributed by atoms with Crippen LogP contribution in [0.15, 0.2) is 52.0 Å². The highest BCUT2D eigenvalue weighted by molar-refractivity contribution is 9.10. The third-order valence-electron chi connectivity index (χ3n) is 5.06. The van der Waals surface area contributed by atoms with E-state index >= 15 is 0 Å². The van der Waals surface area contributed by atoms with Gasteiger partial charge in [0.15, 0.2) is 0 Å². The van der Waals surface area contributed by atoms with Crippen LogP contribution in [0.25, 0.3) is 5.57 Å². The van der Waals surface area contributed by atoms with Crippen molar-refractivity contribution in [2.24, 2.45) is 5.10 Å². The van der Waals surface area contributed by atoms with Crippen LogP contribution in [-0.4, -0.2) is 24.7 Å². The molecular formula is C22H24BrN3O. The van der Waals surface area contributed by atoms with E-state index in [4.69, 9.17) is 0 Å². The number of rotatable bonds is 3. The molecule has 0 radical (unpaired) electrons. The summed E-state index contributed by atoms with van der Waals surface area (Å²) in [6, 6.07) is 11.5. The number of benzene rings is 2. The fourth-order valence-corrected chi connectivity index (χ4v) is 3.71. The molecular weight excluding hydrogens is 402 g/mol. The maximum absolute atomic E-state index is 12.2. The fourth-order valence-electron chi connectivity index (χ4n) is 3.31. The van der Waals surface area contributed by atoms with E-state index in [0.717, 1.165) is 15.6 Å². The molecule has 0 saturated heterocycles. The number of likely N-dealkylation sites (N-methyl/N-ethyl adjacent to an activating group) is 1. The Morgan fingerprint density at radius 1 is 1.22 bits per heavy atom. The quantitative estimate of drug-likeness (QED) is 0.545. The lowest BCUT2D eigenvalue weighted by atomic mass is 9.87. The first-order chi connectivity index (χ1) is 12.7. The highest BCUT2D eigenvalue weighted by atomic mass is 79.9. The van der Waals surface area contributed by atoms with Crippen molar-refractivity contribution in [3.8, 4) is 0 Å². The maximum Gasteiger partial charge on any atom is 0.271 e. The smallest absolute Gasteiger partial charge is 0.271 e.